The predicted octanol–water partition coefficient (Wildman–Crippen LogP) is 1.22. The van der Waals surface area contributed by atoms with E-state index in [0.717, 1.165) is 19.6 Å². The normalized spacial score (nSPS) is 40.3. The Morgan fingerprint density at radius 2 is 2.11 bits per heavy atom. The fourth-order valence-corrected chi connectivity index (χ4v) is 3.73. The van der Waals surface area contributed by atoms with E-state index in [1.165, 1.54) is 19.3 Å². The van der Waals surface area contributed by atoms with Crippen LogP contribution < -0.4 is 5.73 Å². The first kappa shape index (κ1) is 15.2. The largest absolute Gasteiger partial charge is 0.394 e. The van der Waals surface area contributed by atoms with E-state index in [-0.39, 0.29) is 30.3 Å². The molecule has 2 rings (SSSR count). The second kappa shape index (κ2) is 6.08. The molecule has 0 aromatic heterocycles. The Bertz CT molecular complexity index is 296. The standard InChI is InChI=1S/C15H30N2O2/c1-11-7-17(9-13(10-18)19-11)8-12-5-4-6-15(2,3)14(12)16/h11-14,18H,4-10,16H2,1-3H3. The van der Waals surface area contributed by atoms with Crippen LogP contribution in [0.1, 0.15) is 40.0 Å². The Morgan fingerprint density at radius 1 is 1.37 bits per heavy atom. The number of morpholine rings is 1. The molecule has 0 spiro atoms. The molecule has 4 unspecified atom stereocenters. The predicted molar refractivity (Wildman–Crippen MR) is 77.0 cm³/mol. The summed E-state index contributed by atoms with van der Waals surface area (Å²) in [6.45, 7) is 9.63. The van der Waals surface area contributed by atoms with Gasteiger partial charge in [-0.2, -0.15) is 0 Å². The third-order valence-electron chi connectivity index (χ3n) is 4.90. The van der Waals surface area contributed by atoms with Crippen LogP contribution in [0.4, 0.5) is 0 Å². The van der Waals surface area contributed by atoms with E-state index in [1.807, 2.05) is 0 Å². The van der Waals surface area contributed by atoms with Gasteiger partial charge in [-0.05, 0) is 31.1 Å². The zero-order valence-electron chi connectivity index (χ0n) is 12.6. The van der Waals surface area contributed by atoms with Crippen LogP contribution in [0.25, 0.3) is 0 Å². The Kier molecular flexibility index (Phi) is 4.88. The maximum absolute atomic E-state index is 9.29. The van der Waals surface area contributed by atoms with Gasteiger partial charge < -0.3 is 15.6 Å². The van der Waals surface area contributed by atoms with Gasteiger partial charge in [0.15, 0.2) is 0 Å². The topological polar surface area (TPSA) is 58.7 Å². The number of aliphatic hydroxyl groups excluding tert-OH is 1. The molecule has 112 valence electrons. The summed E-state index contributed by atoms with van der Waals surface area (Å²) in [4.78, 5) is 2.43. The highest BCUT2D eigenvalue weighted by Crippen LogP contribution is 2.38. The third-order valence-corrected chi connectivity index (χ3v) is 4.90. The SMILES string of the molecule is CC1CN(CC2CCCC(C)(C)C2N)CC(CO)O1. The lowest BCUT2D eigenvalue weighted by Crippen LogP contribution is -2.54. The third kappa shape index (κ3) is 3.69. The van der Waals surface area contributed by atoms with Crippen LogP contribution >= 0.6 is 0 Å². The molecule has 0 radical (unpaired) electrons. The number of hydrogen-bond acceptors (Lipinski definition) is 4. The van der Waals surface area contributed by atoms with Gasteiger partial charge in [-0.25, -0.2) is 0 Å². The molecule has 0 aromatic carbocycles. The highest BCUT2D eigenvalue weighted by molar-refractivity contribution is 4.93. The van der Waals surface area contributed by atoms with Crippen molar-refractivity contribution in [2.45, 2.75) is 58.3 Å². The number of nitrogens with zero attached hydrogens (tertiary/aromatic N) is 1. The van der Waals surface area contributed by atoms with Crippen molar-refractivity contribution in [1.82, 2.24) is 4.90 Å². The summed E-state index contributed by atoms with van der Waals surface area (Å²) in [7, 11) is 0. The molecule has 4 nitrogen and oxygen atoms in total. The first-order valence-corrected chi connectivity index (χ1v) is 7.66. The fraction of sp³-hybridized carbons (Fsp3) is 1.00. The van der Waals surface area contributed by atoms with Gasteiger partial charge in [0.1, 0.15) is 0 Å². The molecule has 0 amide bonds. The molecular formula is C15H30N2O2. The van der Waals surface area contributed by atoms with E-state index in [9.17, 15) is 5.11 Å². The van der Waals surface area contributed by atoms with Gasteiger partial charge in [-0.1, -0.05) is 20.3 Å². The van der Waals surface area contributed by atoms with Crippen molar-refractivity contribution in [2.24, 2.45) is 17.1 Å². The van der Waals surface area contributed by atoms with Crippen molar-refractivity contribution in [3.05, 3.63) is 0 Å². The fourth-order valence-electron chi connectivity index (χ4n) is 3.73. The molecule has 0 aromatic rings. The Labute approximate surface area is 117 Å². The number of hydrogen-bond donors (Lipinski definition) is 2. The van der Waals surface area contributed by atoms with Gasteiger partial charge in [-0.15, -0.1) is 0 Å². The molecule has 1 saturated carbocycles. The van der Waals surface area contributed by atoms with Crippen molar-refractivity contribution < 1.29 is 9.84 Å². The van der Waals surface area contributed by atoms with Crippen molar-refractivity contribution in [3.63, 3.8) is 0 Å². The molecule has 19 heavy (non-hydrogen) atoms. The summed E-state index contributed by atoms with van der Waals surface area (Å²) in [5.41, 5.74) is 6.73. The van der Waals surface area contributed by atoms with Crippen LogP contribution in [-0.4, -0.2) is 54.5 Å². The summed E-state index contributed by atoms with van der Waals surface area (Å²) in [5, 5.41) is 9.29. The lowest BCUT2D eigenvalue weighted by molar-refractivity contribution is -0.100. The minimum atomic E-state index is -0.0309. The Hall–Kier alpha value is -0.160. The van der Waals surface area contributed by atoms with Gasteiger partial charge in [0.25, 0.3) is 0 Å². The second-order valence-corrected chi connectivity index (χ2v) is 7.14. The highest BCUT2D eigenvalue weighted by Gasteiger charge is 2.38. The molecule has 3 N–H and O–H groups in total. The average Bonchev–Trinajstić information content (AvgIpc) is 2.34. The van der Waals surface area contributed by atoms with Crippen molar-refractivity contribution >= 4 is 0 Å². The van der Waals surface area contributed by atoms with Crippen LogP contribution in [-0.2, 0) is 4.74 Å². The van der Waals surface area contributed by atoms with E-state index in [4.69, 9.17) is 10.5 Å². The van der Waals surface area contributed by atoms with Crippen LogP contribution in [0.3, 0.4) is 0 Å². The Balaban J connectivity index is 1.92. The van der Waals surface area contributed by atoms with Crippen molar-refractivity contribution in [1.29, 1.82) is 0 Å². The van der Waals surface area contributed by atoms with Crippen molar-refractivity contribution in [3.8, 4) is 0 Å². The van der Waals surface area contributed by atoms with E-state index in [2.05, 4.69) is 25.7 Å². The summed E-state index contributed by atoms with van der Waals surface area (Å²) in [6, 6.07) is 0.284. The van der Waals surface area contributed by atoms with Gasteiger partial charge in [-0.3, -0.25) is 4.90 Å². The lowest BCUT2D eigenvalue weighted by atomic mass is 9.68. The quantitative estimate of drug-likeness (QED) is 0.809. The van der Waals surface area contributed by atoms with Gasteiger partial charge >= 0.3 is 0 Å². The first-order valence-electron chi connectivity index (χ1n) is 7.66. The molecule has 1 heterocycles. The number of aliphatic hydroxyl groups is 1. The van der Waals surface area contributed by atoms with E-state index < -0.39 is 0 Å². The van der Waals surface area contributed by atoms with Gasteiger partial charge in [0.2, 0.25) is 0 Å². The molecule has 0 bridgehead atoms. The maximum Gasteiger partial charge on any atom is 0.0936 e. The zero-order valence-corrected chi connectivity index (χ0v) is 12.6. The zero-order chi connectivity index (χ0) is 14.0. The summed E-state index contributed by atoms with van der Waals surface area (Å²) in [5.74, 6) is 0.577. The highest BCUT2D eigenvalue weighted by atomic mass is 16.5. The van der Waals surface area contributed by atoms with E-state index >= 15 is 0 Å². The monoisotopic (exact) mass is 270 g/mol. The van der Waals surface area contributed by atoms with Gasteiger partial charge in [0.05, 0.1) is 18.8 Å². The lowest BCUT2D eigenvalue weighted by Gasteiger charge is -2.45. The summed E-state index contributed by atoms with van der Waals surface area (Å²) >= 11 is 0. The van der Waals surface area contributed by atoms with Crippen molar-refractivity contribution in [2.75, 3.05) is 26.2 Å². The smallest absolute Gasteiger partial charge is 0.0936 e. The average molecular weight is 270 g/mol. The molecule has 2 fully saturated rings. The van der Waals surface area contributed by atoms with Crippen LogP contribution in [0, 0.1) is 11.3 Å². The van der Waals surface area contributed by atoms with Crippen LogP contribution in [0.15, 0.2) is 0 Å². The van der Waals surface area contributed by atoms with E-state index in [0.29, 0.717) is 5.92 Å². The van der Waals surface area contributed by atoms with Crippen LogP contribution in [0.5, 0.6) is 0 Å². The number of ether oxygens (including phenoxy) is 1. The Morgan fingerprint density at radius 3 is 2.79 bits per heavy atom. The minimum Gasteiger partial charge on any atom is -0.394 e. The van der Waals surface area contributed by atoms with Crippen LogP contribution in [0.2, 0.25) is 0 Å². The van der Waals surface area contributed by atoms with E-state index in [1.54, 1.807) is 0 Å². The molecular weight excluding hydrogens is 240 g/mol. The molecule has 4 heteroatoms. The molecule has 2 aliphatic rings. The number of nitrogens with two attached hydrogens (primary N) is 1. The first-order chi connectivity index (χ1) is 8.92. The second-order valence-electron chi connectivity index (χ2n) is 7.14. The molecule has 1 aliphatic heterocycles. The molecule has 1 aliphatic carbocycles. The summed E-state index contributed by atoms with van der Waals surface area (Å²) in [6.07, 6.45) is 3.94. The molecule has 4 atom stereocenters. The molecule has 1 saturated heterocycles. The van der Waals surface area contributed by atoms with Gasteiger partial charge in [0, 0.05) is 25.7 Å². The maximum atomic E-state index is 9.29. The minimum absolute atomic E-state index is 0.0309. The number of rotatable bonds is 3. The summed E-state index contributed by atoms with van der Waals surface area (Å²) < 4.78 is 5.70.